The van der Waals surface area contributed by atoms with E-state index in [1.807, 2.05) is 0 Å². The highest BCUT2D eigenvalue weighted by molar-refractivity contribution is 6.10. The number of hydrogen-bond acceptors (Lipinski definition) is 2. The van der Waals surface area contributed by atoms with Crippen molar-refractivity contribution in [1.29, 1.82) is 0 Å². The van der Waals surface area contributed by atoms with Crippen LogP contribution in [0, 0.1) is 0 Å². The monoisotopic (exact) mass is 218 g/mol. The molecule has 0 bridgehead atoms. The number of alkyl halides is 3. The molecule has 0 atom stereocenters. The summed E-state index contributed by atoms with van der Waals surface area (Å²) in [5.74, 6) is -2.99. The highest BCUT2D eigenvalue weighted by atomic mass is 19.4. The molecular formula is C10H9F3O2. The highest BCUT2D eigenvalue weighted by Crippen LogP contribution is 2.19. The first-order valence-corrected chi connectivity index (χ1v) is 3.91. The van der Waals surface area contributed by atoms with E-state index in [1.165, 1.54) is 12.2 Å². The lowest BCUT2D eigenvalue weighted by Gasteiger charge is -2.04. The van der Waals surface area contributed by atoms with E-state index in [0.717, 1.165) is 6.08 Å². The Kier molecular flexibility index (Phi) is 4.70. The minimum absolute atomic E-state index is 0.0670. The van der Waals surface area contributed by atoms with E-state index in [4.69, 9.17) is 0 Å². The van der Waals surface area contributed by atoms with E-state index in [2.05, 4.69) is 13.2 Å². The maximum absolute atomic E-state index is 11.8. The van der Waals surface area contributed by atoms with Gasteiger partial charge < -0.3 is 0 Å². The lowest BCUT2D eigenvalue weighted by Crippen LogP contribution is -2.25. The number of ketones is 2. The molecule has 0 heterocycles. The zero-order chi connectivity index (χ0) is 12.1. The molecular weight excluding hydrogens is 209 g/mol. The first-order chi connectivity index (χ1) is 6.82. The van der Waals surface area contributed by atoms with Crippen molar-refractivity contribution in [1.82, 2.24) is 0 Å². The van der Waals surface area contributed by atoms with Crippen molar-refractivity contribution in [3.8, 4) is 0 Å². The molecule has 0 aliphatic rings. The Morgan fingerprint density at radius 3 is 2.07 bits per heavy atom. The summed E-state index contributed by atoms with van der Waals surface area (Å²) in [6, 6.07) is 0. The van der Waals surface area contributed by atoms with E-state index < -0.39 is 24.2 Å². The normalized spacial score (nSPS) is 12.1. The fourth-order valence-corrected chi connectivity index (χ4v) is 0.750. The molecule has 0 aliphatic heterocycles. The van der Waals surface area contributed by atoms with Crippen LogP contribution < -0.4 is 0 Å². The second-order valence-corrected chi connectivity index (χ2v) is 2.58. The summed E-state index contributed by atoms with van der Waals surface area (Å²) in [6.45, 7) is 6.52. The molecule has 0 unspecified atom stereocenters. The van der Waals surface area contributed by atoms with Crippen molar-refractivity contribution in [2.24, 2.45) is 0 Å². The van der Waals surface area contributed by atoms with Gasteiger partial charge in [0, 0.05) is 5.57 Å². The lowest BCUT2D eigenvalue weighted by molar-refractivity contribution is -0.171. The van der Waals surface area contributed by atoms with Crippen molar-refractivity contribution in [3.05, 3.63) is 37.0 Å². The van der Waals surface area contributed by atoms with Crippen molar-refractivity contribution in [2.45, 2.75) is 12.6 Å². The summed E-state index contributed by atoms with van der Waals surface area (Å²) in [7, 11) is 0. The van der Waals surface area contributed by atoms with E-state index in [1.54, 1.807) is 0 Å². The zero-order valence-electron chi connectivity index (χ0n) is 7.80. The van der Waals surface area contributed by atoms with Crippen molar-refractivity contribution < 1.29 is 22.8 Å². The number of carbonyl (C=O) groups excluding carboxylic acids is 2. The molecule has 0 amide bonds. The lowest BCUT2D eigenvalue weighted by atomic mass is 10.1. The van der Waals surface area contributed by atoms with Gasteiger partial charge in [-0.2, -0.15) is 13.2 Å². The molecule has 0 fully saturated rings. The van der Waals surface area contributed by atoms with E-state index in [0.29, 0.717) is 0 Å². The molecule has 82 valence electrons. The van der Waals surface area contributed by atoms with Gasteiger partial charge in [0.2, 0.25) is 5.78 Å². The fourth-order valence-electron chi connectivity index (χ4n) is 0.750. The SMILES string of the molecule is C=C/C=C(\C=C)C(=O)CC(=O)C(F)(F)F. The summed E-state index contributed by atoms with van der Waals surface area (Å²) in [4.78, 5) is 21.6. The number of rotatable bonds is 5. The number of allylic oxidation sites excluding steroid dienone is 4. The standard InChI is InChI=1S/C10H9F3O2/c1-3-5-7(4-2)8(14)6-9(15)10(11,12)13/h3-5H,1-2,6H2/b7-5+. The van der Waals surface area contributed by atoms with Crippen LogP contribution in [0.25, 0.3) is 0 Å². The van der Waals surface area contributed by atoms with E-state index >= 15 is 0 Å². The first kappa shape index (κ1) is 13.4. The number of Topliss-reactive ketones (excluding diaryl/α,β-unsaturated/α-hetero) is 2. The van der Waals surface area contributed by atoms with Gasteiger partial charge in [-0.25, -0.2) is 0 Å². The van der Waals surface area contributed by atoms with Crippen molar-refractivity contribution >= 4 is 11.6 Å². The highest BCUT2D eigenvalue weighted by Gasteiger charge is 2.39. The third-order valence-electron chi connectivity index (χ3n) is 1.48. The molecule has 5 heteroatoms. The van der Waals surface area contributed by atoms with Gasteiger partial charge in [-0.15, -0.1) is 0 Å². The molecule has 0 aromatic heterocycles. The molecule has 0 spiro atoms. The zero-order valence-corrected chi connectivity index (χ0v) is 7.80. The Bertz CT molecular complexity index is 324. The Hall–Kier alpha value is -1.65. The minimum Gasteiger partial charge on any atom is -0.294 e. The molecule has 0 N–H and O–H groups in total. The van der Waals surface area contributed by atoms with E-state index in [9.17, 15) is 22.8 Å². The average Bonchev–Trinajstić information content (AvgIpc) is 2.12. The second-order valence-electron chi connectivity index (χ2n) is 2.58. The average molecular weight is 218 g/mol. The van der Waals surface area contributed by atoms with Crippen molar-refractivity contribution in [3.63, 3.8) is 0 Å². The van der Waals surface area contributed by atoms with Crippen LogP contribution in [-0.4, -0.2) is 17.7 Å². The predicted octanol–water partition coefficient (Wildman–Crippen LogP) is 2.38. The Morgan fingerprint density at radius 1 is 1.20 bits per heavy atom. The number of hydrogen-bond donors (Lipinski definition) is 0. The predicted molar refractivity (Wildman–Crippen MR) is 49.2 cm³/mol. The van der Waals surface area contributed by atoms with E-state index in [-0.39, 0.29) is 5.57 Å². The third kappa shape index (κ3) is 4.39. The van der Waals surface area contributed by atoms with Gasteiger partial charge in [-0.05, 0) is 0 Å². The molecule has 0 aliphatic carbocycles. The van der Waals surface area contributed by atoms with Gasteiger partial charge in [0.1, 0.15) is 0 Å². The molecule has 0 aromatic carbocycles. The van der Waals surface area contributed by atoms with Gasteiger partial charge >= 0.3 is 6.18 Å². The van der Waals surface area contributed by atoms with Crippen LogP contribution >= 0.6 is 0 Å². The Morgan fingerprint density at radius 2 is 1.73 bits per heavy atom. The molecule has 0 saturated heterocycles. The number of halogens is 3. The van der Waals surface area contributed by atoms with Crippen LogP contribution in [-0.2, 0) is 9.59 Å². The van der Waals surface area contributed by atoms with Crippen LogP contribution in [0.15, 0.2) is 37.0 Å². The van der Waals surface area contributed by atoms with Crippen LogP contribution in [0.2, 0.25) is 0 Å². The Labute approximate surface area is 84.8 Å². The fraction of sp³-hybridized carbons (Fsp3) is 0.200. The van der Waals surface area contributed by atoms with Gasteiger partial charge in [0.05, 0.1) is 6.42 Å². The molecule has 0 aromatic rings. The van der Waals surface area contributed by atoms with Crippen LogP contribution in [0.1, 0.15) is 6.42 Å². The quantitative estimate of drug-likeness (QED) is 0.403. The number of carbonyl (C=O) groups is 2. The maximum Gasteiger partial charge on any atom is 0.450 e. The summed E-state index contributed by atoms with van der Waals surface area (Å²) in [5, 5.41) is 0. The van der Waals surface area contributed by atoms with Gasteiger partial charge in [-0.1, -0.05) is 31.4 Å². The Balaban J connectivity index is 4.63. The van der Waals surface area contributed by atoms with Crippen LogP contribution in [0.3, 0.4) is 0 Å². The van der Waals surface area contributed by atoms with Gasteiger partial charge in [-0.3, -0.25) is 9.59 Å². The smallest absolute Gasteiger partial charge is 0.294 e. The van der Waals surface area contributed by atoms with Crippen LogP contribution in [0.5, 0.6) is 0 Å². The largest absolute Gasteiger partial charge is 0.450 e. The van der Waals surface area contributed by atoms with Gasteiger partial charge in [0.15, 0.2) is 5.78 Å². The topological polar surface area (TPSA) is 34.1 Å². The summed E-state index contributed by atoms with van der Waals surface area (Å²) < 4.78 is 35.4. The molecule has 0 rings (SSSR count). The molecule has 0 saturated carbocycles. The third-order valence-corrected chi connectivity index (χ3v) is 1.48. The first-order valence-electron chi connectivity index (χ1n) is 3.91. The summed E-state index contributed by atoms with van der Waals surface area (Å²) >= 11 is 0. The summed E-state index contributed by atoms with van der Waals surface area (Å²) in [5.41, 5.74) is -0.0670. The second kappa shape index (κ2) is 5.29. The summed E-state index contributed by atoms with van der Waals surface area (Å²) in [6.07, 6.45) is -2.68. The van der Waals surface area contributed by atoms with Gasteiger partial charge in [0.25, 0.3) is 0 Å². The van der Waals surface area contributed by atoms with Crippen molar-refractivity contribution in [2.75, 3.05) is 0 Å². The minimum atomic E-state index is -4.98. The molecule has 0 radical (unpaired) electrons. The molecule has 15 heavy (non-hydrogen) atoms. The molecule has 2 nitrogen and oxygen atoms in total. The van der Waals surface area contributed by atoms with Crippen LogP contribution in [0.4, 0.5) is 13.2 Å². The maximum atomic E-state index is 11.8.